The van der Waals surface area contributed by atoms with Gasteiger partial charge in [-0.25, -0.2) is 0 Å². The highest BCUT2D eigenvalue weighted by Gasteiger charge is 2.22. The van der Waals surface area contributed by atoms with Crippen LogP contribution in [0.1, 0.15) is 21.6 Å². The van der Waals surface area contributed by atoms with Gasteiger partial charge in [-0.15, -0.1) is 0 Å². The van der Waals surface area contributed by atoms with Crippen LogP contribution in [0.2, 0.25) is 0 Å². The number of fused-ring (bicyclic) bond motifs is 1. The molecule has 0 fully saturated rings. The highest BCUT2D eigenvalue weighted by Crippen LogP contribution is 2.25. The van der Waals surface area contributed by atoms with E-state index in [0.29, 0.717) is 12.2 Å². The molecule has 3 aromatic rings. The molecule has 4 rings (SSSR count). The van der Waals surface area contributed by atoms with Gasteiger partial charge in [0.1, 0.15) is 5.69 Å². The molecule has 0 unspecified atom stereocenters. The van der Waals surface area contributed by atoms with Gasteiger partial charge < -0.3 is 9.80 Å². The summed E-state index contributed by atoms with van der Waals surface area (Å²) in [5, 5.41) is 0. The third-order valence-corrected chi connectivity index (χ3v) is 4.91. The van der Waals surface area contributed by atoms with Crippen LogP contribution in [0.5, 0.6) is 0 Å². The summed E-state index contributed by atoms with van der Waals surface area (Å²) in [7, 11) is 2.00. The minimum atomic E-state index is -0.0113. The maximum atomic E-state index is 13.0. The summed E-state index contributed by atoms with van der Waals surface area (Å²) in [4.78, 5) is 21.2. The molecule has 0 saturated heterocycles. The van der Waals surface area contributed by atoms with Gasteiger partial charge in [-0.1, -0.05) is 42.5 Å². The standard InChI is InChI=1S/C22H21N3O/c1-24(19-9-3-2-4-10-19)20-11-13-23-21(15-20)22(26)25-14-12-17-7-5-6-8-18(17)16-25/h2-11,13,15H,12,14,16H2,1H3. The van der Waals surface area contributed by atoms with Crippen molar-refractivity contribution >= 4 is 17.3 Å². The fraction of sp³-hybridized carbons (Fsp3) is 0.182. The molecule has 2 heterocycles. The van der Waals surface area contributed by atoms with Crippen LogP contribution in [0.3, 0.4) is 0 Å². The average Bonchev–Trinajstić information content (AvgIpc) is 2.73. The maximum absolute atomic E-state index is 13.0. The Kier molecular flexibility index (Phi) is 4.40. The maximum Gasteiger partial charge on any atom is 0.272 e. The van der Waals surface area contributed by atoms with Crippen molar-refractivity contribution in [2.75, 3.05) is 18.5 Å². The lowest BCUT2D eigenvalue weighted by Crippen LogP contribution is -2.36. The van der Waals surface area contributed by atoms with Gasteiger partial charge in [-0.2, -0.15) is 0 Å². The Morgan fingerprint density at radius 3 is 2.50 bits per heavy atom. The first-order valence-electron chi connectivity index (χ1n) is 8.83. The highest BCUT2D eigenvalue weighted by molar-refractivity contribution is 5.93. The number of nitrogens with zero attached hydrogens (tertiary/aromatic N) is 3. The van der Waals surface area contributed by atoms with Crippen molar-refractivity contribution in [3.8, 4) is 0 Å². The summed E-state index contributed by atoms with van der Waals surface area (Å²) in [5.74, 6) is -0.0113. The van der Waals surface area contributed by atoms with Gasteiger partial charge in [0.25, 0.3) is 5.91 Å². The molecule has 0 saturated carbocycles. The molecule has 1 aliphatic heterocycles. The van der Waals surface area contributed by atoms with Crippen LogP contribution >= 0.6 is 0 Å². The van der Waals surface area contributed by atoms with Crippen molar-refractivity contribution < 1.29 is 4.79 Å². The molecule has 0 aliphatic carbocycles. The molecule has 1 aromatic heterocycles. The van der Waals surface area contributed by atoms with E-state index in [4.69, 9.17) is 0 Å². The van der Waals surface area contributed by atoms with Crippen LogP contribution in [-0.2, 0) is 13.0 Å². The van der Waals surface area contributed by atoms with Gasteiger partial charge in [-0.05, 0) is 41.8 Å². The van der Waals surface area contributed by atoms with E-state index in [0.717, 1.165) is 24.3 Å². The minimum absolute atomic E-state index is 0.0113. The third kappa shape index (κ3) is 3.18. The van der Waals surface area contributed by atoms with Crippen molar-refractivity contribution in [2.24, 2.45) is 0 Å². The molecule has 130 valence electrons. The molecule has 0 N–H and O–H groups in total. The number of aromatic nitrogens is 1. The van der Waals surface area contributed by atoms with E-state index >= 15 is 0 Å². The molecule has 4 nitrogen and oxygen atoms in total. The second-order valence-electron chi connectivity index (χ2n) is 6.54. The van der Waals surface area contributed by atoms with Gasteiger partial charge in [0.05, 0.1) is 0 Å². The SMILES string of the molecule is CN(c1ccccc1)c1ccnc(C(=O)N2CCc3ccccc3C2)c1. The van der Waals surface area contributed by atoms with Gasteiger partial charge in [0.15, 0.2) is 0 Å². The van der Waals surface area contributed by atoms with E-state index in [1.54, 1.807) is 6.20 Å². The minimum Gasteiger partial charge on any atom is -0.345 e. The fourth-order valence-electron chi connectivity index (χ4n) is 3.38. The number of benzene rings is 2. The number of para-hydroxylation sites is 1. The van der Waals surface area contributed by atoms with Crippen molar-refractivity contribution in [2.45, 2.75) is 13.0 Å². The van der Waals surface area contributed by atoms with Crippen LogP contribution in [-0.4, -0.2) is 29.4 Å². The predicted molar refractivity (Wildman–Crippen MR) is 104 cm³/mol. The smallest absolute Gasteiger partial charge is 0.272 e. The van der Waals surface area contributed by atoms with Crippen molar-refractivity contribution in [1.82, 2.24) is 9.88 Å². The molecule has 0 radical (unpaired) electrons. The quantitative estimate of drug-likeness (QED) is 0.720. The Hall–Kier alpha value is -3.14. The summed E-state index contributed by atoms with van der Waals surface area (Å²) >= 11 is 0. The third-order valence-electron chi connectivity index (χ3n) is 4.91. The number of amides is 1. The second-order valence-corrected chi connectivity index (χ2v) is 6.54. The van der Waals surface area contributed by atoms with Crippen LogP contribution in [0, 0.1) is 0 Å². The van der Waals surface area contributed by atoms with E-state index in [1.165, 1.54) is 11.1 Å². The first kappa shape index (κ1) is 16.3. The number of rotatable bonds is 3. The topological polar surface area (TPSA) is 36.4 Å². The van der Waals surface area contributed by atoms with E-state index in [2.05, 4.69) is 28.1 Å². The van der Waals surface area contributed by atoms with E-state index in [-0.39, 0.29) is 5.91 Å². The first-order valence-corrected chi connectivity index (χ1v) is 8.83. The van der Waals surface area contributed by atoms with Gasteiger partial charge in [0.2, 0.25) is 0 Å². The first-order chi connectivity index (χ1) is 12.7. The second kappa shape index (κ2) is 7.00. The molecule has 4 heteroatoms. The number of carbonyl (C=O) groups is 1. The Labute approximate surface area is 153 Å². The molecule has 1 aliphatic rings. The number of pyridine rings is 1. The molecule has 0 spiro atoms. The van der Waals surface area contributed by atoms with Gasteiger partial charge in [0, 0.05) is 37.7 Å². The lowest BCUT2D eigenvalue weighted by Gasteiger charge is -2.29. The highest BCUT2D eigenvalue weighted by atomic mass is 16.2. The van der Waals surface area contributed by atoms with Gasteiger partial charge in [-0.3, -0.25) is 9.78 Å². The number of hydrogen-bond acceptors (Lipinski definition) is 3. The van der Waals surface area contributed by atoms with E-state index in [1.807, 2.05) is 60.5 Å². The van der Waals surface area contributed by atoms with E-state index < -0.39 is 0 Å². The molecule has 2 aromatic carbocycles. The monoisotopic (exact) mass is 343 g/mol. The molecule has 1 amide bonds. The Morgan fingerprint density at radius 1 is 0.962 bits per heavy atom. The molecular weight excluding hydrogens is 322 g/mol. The Morgan fingerprint density at radius 2 is 1.69 bits per heavy atom. The normalized spacial score (nSPS) is 13.2. The fourth-order valence-corrected chi connectivity index (χ4v) is 3.38. The van der Waals surface area contributed by atoms with Crippen molar-refractivity contribution in [1.29, 1.82) is 0 Å². The summed E-state index contributed by atoms with van der Waals surface area (Å²) in [6.45, 7) is 1.38. The Balaban J connectivity index is 1.56. The van der Waals surface area contributed by atoms with Gasteiger partial charge >= 0.3 is 0 Å². The molecule has 0 atom stereocenters. The van der Waals surface area contributed by atoms with Crippen molar-refractivity contribution in [3.63, 3.8) is 0 Å². The van der Waals surface area contributed by atoms with Crippen molar-refractivity contribution in [3.05, 3.63) is 89.7 Å². The van der Waals surface area contributed by atoms with E-state index in [9.17, 15) is 4.79 Å². The van der Waals surface area contributed by atoms with Crippen LogP contribution < -0.4 is 4.90 Å². The number of hydrogen-bond donors (Lipinski definition) is 0. The summed E-state index contributed by atoms with van der Waals surface area (Å²) in [6.07, 6.45) is 2.60. The summed E-state index contributed by atoms with van der Waals surface area (Å²) in [5.41, 5.74) is 5.08. The molecule has 0 bridgehead atoms. The summed E-state index contributed by atoms with van der Waals surface area (Å²) in [6, 6.07) is 22.2. The largest absolute Gasteiger partial charge is 0.345 e. The zero-order valence-corrected chi connectivity index (χ0v) is 14.8. The van der Waals surface area contributed by atoms with Crippen LogP contribution in [0.25, 0.3) is 0 Å². The van der Waals surface area contributed by atoms with Crippen LogP contribution in [0.15, 0.2) is 72.9 Å². The average molecular weight is 343 g/mol. The Bertz CT molecular complexity index is 923. The molecular formula is C22H21N3O. The van der Waals surface area contributed by atoms with Crippen LogP contribution in [0.4, 0.5) is 11.4 Å². The molecule has 26 heavy (non-hydrogen) atoms. The number of carbonyl (C=O) groups excluding carboxylic acids is 1. The lowest BCUT2D eigenvalue weighted by atomic mass is 10.00. The zero-order chi connectivity index (χ0) is 17.9. The number of anilines is 2. The zero-order valence-electron chi connectivity index (χ0n) is 14.8. The summed E-state index contributed by atoms with van der Waals surface area (Å²) < 4.78 is 0. The lowest BCUT2D eigenvalue weighted by molar-refractivity contribution is 0.0729. The predicted octanol–water partition coefficient (Wildman–Crippen LogP) is 4.05.